The molecule has 1 aliphatic rings. The Labute approximate surface area is 140 Å². The molecule has 0 saturated carbocycles. The third kappa shape index (κ3) is 4.47. The smallest absolute Gasteiger partial charge is 0.267 e. The Bertz CT molecular complexity index is 665. The second-order valence-electron chi connectivity index (χ2n) is 5.83. The number of morpholine rings is 1. The molecule has 5 nitrogen and oxygen atoms in total. The average Bonchev–Trinajstić information content (AvgIpc) is 2.98. The lowest BCUT2D eigenvalue weighted by Gasteiger charge is -2.26. The number of nitrogens with zero attached hydrogens (tertiary/aromatic N) is 1. The molecule has 3 rings (SSSR count). The SMILES string of the molecule is O=C(NCCCCN1CCOCC1)c1cc2ccc(Cl)cc2[nH]1. The second-order valence-corrected chi connectivity index (χ2v) is 6.27. The molecule has 2 aromatic rings. The first-order valence-corrected chi connectivity index (χ1v) is 8.47. The summed E-state index contributed by atoms with van der Waals surface area (Å²) in [7, 11) is 0. The summed E-state index contributed by atoms with van der Waals surface area (Å²) in [5.41, 5.74) is 1.46. The number of H-pyrrole nitrogens is 1. The second kappa shape index (κ2) is 7.81. The first kappa shape index (κ1) is 16.3. The van der Waals surface area contributed by atoms with Crippen LogP contribution >= 0.6 is 11.6 Å². The third-order valence-corrected chi connectivity index (χ3v) is 4.35. The Balaban J connectivity index is 1.41. The number of hydrogen-bond donors (Lipinski definition) is 2. The minimum Gasteiger partial charge on any atom is -0.379 e. The van der Waals surface area contributed by atoms with E-state index in [4.69, 9.17) is 16.3 Å². The normalized spacial score (nSPS) is 15.9. The predicted molar refractivity (Wildman–Crippen MR) is 92.1 cm³/mol. The van der Waals surface area contributed by atoms with Gasteiger partial charge < -0.3 is 15.0 Å². The minimum absolute atomic E-state index is 0.0660. The van der Waals surface area contributed by atoms with E-state index in [1.165, 1.54) is 0 Å². The fourth-order valence-corrected chi connectivity index (χ4v) is 2.98. The minimum atomic E-state index is -0.0660. The van der Waals surface area contributed by atoms with Crippen LogP contribution in [-0.2, 0) is 4.74 Å². The molecule has 2 heterocycles. The molecule has 124 valence electrons. The zero-order valence-corrected chi connectivity index (χ0v) is 13.9. The van der Waals surface area contributed by atoms with Crippen LogP contribution in [-0.4, -0.2) is 55.2 Å². The molecule has 0 bridgehead atoms. The van der Waals surface area contributed by atoms with Crippen molar-refractivity contribution in [3.8, 4) is 0 Å². The van der Waals surface area contributed by atoms with Gasteiger partial charge in [0.05, 0.1) is 13.2 Å². The van der Waals surface area contributed by atoms with Gasteiger partial charge in [0.1, 0.15) is 5.69 Å². The highest BCUT2D eigenvalue weighted by Gasteiger charge is 2.11. The van der Waals surface area contributed by atoms with Crippen molar-refractivity contribution in [2.24, 2.45) is 0 Å². The largest absolute Gasteiger partial charge is 0.379 e. The zero-order chi connectivity index (χ0) is 16.1. The van der Waals surface area contributed by atoms with Gasteiger partial charge in [0.15, 0.2) is 0 Å². The molecule has 1 aromatic heterocycles. The molecule has 0 atom stereocenters. The van der Waals surface area contributed by atoms with Gasteiger partial charge in [-0.1, -0.05) is 17.7 Å². The lowest BCUT2D eigenvalue weighted by Crippen LogP contribution is -2.37. The van der Waals surface area contributed by atoms with Crippen LogP contribution in [0.3, 0.4) is 0 Å². The van der Waals surface area contributed by atoms with E-state index in [1.807, 2.05) is 24.3 Å². The highest BCUT2D eigenvalue weighted by Crippen LogP contribution is 2.19. The van der Waals surface area contributed by atoms with E-state index >= 15 is 0 Å². The summed E-state index contributed by atoms with van der Waals surface area (Å²) in [6, 6.07) is 7.42. The number of halogens is 1. The van der Waals surface area contributed by atoms with Crippen LogP contribution in [0.25, 0.3) is 10.9 Å². The quantitative estimate of drug-likeness (QED) is 0.798. The summed E-state index contributed by atoms with van der Waals surface area (Å²) >= 11 is 5.96. The first-order valence-electron chi connectivity index (χ1n) is 8.09. The van der Waals surface area contributed by atoms with Gasteiger partial charge >= 0.3 is 0 Å². The summed E-state index contributed by atoms with van der Waals surface area (Å²) < 4.78 is 5.33. The van der Waals surface area contributed by atoms with Gasteiger partial charge in [0.25, 0.3) is 5.91 Å². The monoisotopic (exact) mass is 335 g/mol. The van der Waals surface area contributed by atoms with Crippen LogP contribution < -0.4 is 5.32 Å². The number of nitrogens with one attached hydrogen (secondary N) is 2. The number of aromatic nitrogens is 1. The molecule has 1 saturated heterocycles. The van der Waals surface area contributed by atoms with E-state index in [9.17, 15) is 4.79 Å². The highest BCUT2D eigenvalue weighted by molar-refractivity contribution is 6.31. The van der Waals surface area contributed by atoms with Crippen molar-refractivity contribution in [3.63, 3.8) is 0 Å². The van der Waals surface area contributed by atoms with E-state index in [-0.39, 0.29) is 5.91 Å². The van der Waals surface area contributed by atoms with Gasteiger partial charge in [-0.15, -0.1) is 0 Å². The average molecular weight is 336 g/mol. The number of hydrogen-bond acceptors (Lipinski definition) is 3. The van der Waals surface area contributed by atoms with Crippen LogP contribution in [0.1, 0.15) is 23.3 Å². The Morgan fingerprint density at radius 3 is 2.91 bits per heavy atom. The maximum absolute atomic E-state index is 12.2. The summed E-state index contributed by atoms with van der Waals surface area (Å²) in [4.78, 5) is 17.7. The number of rotatable bonds is 6. The third-order valence-electron chi connectivity index (χ3n) is 4.12. The number of benzene rings is 1. The molecule has 0 radical (unpaired) electrons. The Morgan fingerprint density at radius 1 is 1.26 bits per heavy atom. The van der Waals surface area contributed by atoms with Crippen LogP contribution in [0.4, 0.5) is 0 Å². The van der Waals surface area contributed by atoms with Crippen molar-refractivity contribution in [3.05, 3.63) is 35.0 Å². The van der Waals surface area contributed by atoms with Gasteiger partial charge in [-0.2, -0.15) is 0 Å². The van der Waals surface area contributed by atoms with Gasteiger partial charge in [-0.3, -0.25) is 9.69 Å². The molecule has 2 N–H and O–H groups in total. The van der Waals surface area contributed by atoms with Gasteiger partial charge in [0, 0.05) is 35.6 Å². The van der Waals surface area contributed by atoms with Crippen molar-refractivity contribution in [2.75, 3.05) is 39.4 Å². The standard InChI is InChI=1S/C17H22ClN3O2/c18-14-4-3-13-11-16(20-15(13)12-14)17(22)19-5-1-2-6-21-7-9-23-10-8-21/h3-4,11-12,20H,1-2,5-10H2,(H,19,22). The molecule has 1 amide bonds. The van der Waals surface area contributed by atoms with E-state index in [1.54, 1.807) is 0 Å². The molecular weight excluding hydrogens is 314 g/mol. The Morgan fingerprint density at radius 2 is 2.09 bits per heavy atom. The lowest BCUT2D eigenvalue weighted by atomic mass is 10.2. The molecule has 6 heteroatoms. The molecule has 0 unspecified atom stereocenters. The predicted octanol–water partition coefficient (Wildman–Crippen LogP) is 2.66. The van der Waals surface area contributed by atoms with E-state index in [0.29, 0.717) is 17.3 Å². The Kier molecular flexibility index (Phi) is 5.54. The van der Waals surface area contributed by atoms with Crippen LogP contribution in [0.15, 0.2) is 24.3 Å². The Hall–Kier alpha value is -1.56. The van der Waals surface area contributed by atoms with Crippen molar-refractivity contribution in [1.29, 1.82) is 0 Å². The topological polar surface area (TPSA) is 57.4 Å². The molecular formula is C17H22ClN3O2. The summed E-state index contributed by atoms with van der Waals surface area (Å²) in [5, 5.41) is 4.62. The van der Waals surface area contributed by atoms with Crippen LogP contribution in [0.5, 0.6) is 0 Å². The molecule has 1 fully saturated rings. The van der Waals surface area contributed by atoms with Gasteiger partial charge in [0.2, 0.25) is 0 Å². The van der Waals surface area contributed by atoms with Gasteiger partial charge in [-0.25, -0.2) is 0 Å². The van der Waals surface area contributed by atoms with Crippen molar-refractivity contribution in [2.45, 2.75) is 12.8 Å². The maximum atomic E-state index is 12.2. The van der Waals surface area contributed by atoms with Crippen LogP contribution in [0, 0.1) is 0 Å². The number of fused-ring (bicyclic) bond motifs is 1. The van der Waals surface area contributed by atoms with E-state index in [0.717, 1.165) is 56.6 Å². The number of unbranched alkanes of at least 4 members (excludes halogenated alkanes) is 1. The number of carbonyl (C=O) groups excluding carboxylic acids is 1. The van der Waals surface area contributed by atoms with Crippen LogP contribution in [0.2, 0.25) is 5.02 Å². The molecule has 23 heavy (non-hydrogen) atoms. The molecule has 1 aromatic carbocycles. The number of ether oxygens (including phenoxy) is 1. The fraction of sp³-hybridized carbons (Fsp3) is 0.471. The number of amides is 1. The summed E-state index contributed by atoms with van der Waals surface area (Å²) in [6.45, 7) is 5.47. The zero-order valence-electron chi connectivity index (χ0n) is 13.1. The highest BCUT2D eigenvalue weighted by atomic mass is 35.5. The molecule has 0 spiro atoms. The van der Waals surface area contributed by atoms with Crippen molar-refractivity contribution >= 4 is 28.4 Å². The number of aromatic amines is 1. The van der Waals surface area contributed by atoms with Gasteiger partial charge in [-0.05, 0) is 37.6 Å². The first-order chi connectivity index (χ1) is 11.2. The maximum Gasteiger partial charge on any atom is 0.267 e. The summed E-state index contributed by atoms with van der Waals surface area (Å²) in [5.74, 6) is -0.0660. The van der Waals surface area contributed by atoms with Crippen molar-refractivity contribution < 1.29 is 9.53 Å². The number of carbonyl (C=O) groups is 1. The molecule has 0 aliphatic carbocycles. The lowest BCUT2D eigenvalue weighted by molar-refractivity contribution is 0.0372. The van der Waals surface area contributed by atoms with E-state index < -0.39 is 0 Å². The van der Waals surface area contributed by atoms with Crippen molar-refractivity contribution in [1.82, 2.24) is 15.2 Å². The molecule has 1 aliphatic heterocycles. The fourth-order valence-electron chi connectivity index (χ4n) is 2.80. The summed E-state index contributed by atoms with van der Waals surface area (Å²) in [6.07, 6.45) is 2.07. The van der Waals surface area contributed by atoms with E-state index in [2.05, 4.69) is 15.2 Å².